The third-order valence-electron chi connectivity index (χ3n) is 4.18. The molecule has 1 atom stereocenters. The number of carbonyl (C=O) groups is 1. The number of furan rings is 1. The molecule has 0 aromatic carbocycles. The number of amides is 2. The van der Waals surface area contributed by atoms with Gasteiger partial charge in [-0.2, -0.15) is 4.68 Å². The number of fused-ring (bicyclic) bond motifs is 3. The van der Waals surface area contributed by atoms with Crippen molar-refractivity contribution < 1.29 is 9.21 Å². The van der Waals surface area contributed by atoms with Crippen molar-refractivity contribution in [3.63, 3.8) is 0 Å². The number of carbonyl (C=O) groups excluding carboxylic acids is 1. The number of aromatic nitrogens is 4. The summed E-state index contributed by atoms with van der Waals surface area (Å²) in [5.41, 5.74) is 4.61. The van der Waals surface area contributed by atoms with E-state index in [1.54, 1.807) is 47.9 Å². The van der Waals surface area contributed by atoms with Crippen LogP contribution in [0.4, 0.5) is 10.5 Å². The van der Waals surface area contributed by atoms with Crippen molar-refractivity contribution in [1.29, 1.82) is 0 Å². The molecule has 5 rings (SSSR count). The van der Waals surface area contributed by atoms with E-state index in [9.17, 15) is 4.79 Å². The summed E-state index contributed by atoms with van der Waals surface area (Å²) in [4.78, 5) is 25.5. The first kappa shape index (κ1) is 16.2. The largest absolute Gasteiger partial charge is 0.461 e. The number of hydrogen-bond acceptors (Lipinski definition) is 8. The number of urea groups is 1. The summed E-state index contributed by atoms with van der Waals surface area (Å²) in [6.45, 7) is 0. The highest BCUT2D eigenvalue weighted by Crippen LogP contribution is 2.28. The molecule has 2 aliphatic rings. The lowest BCUT2D eigenvalue weighted by atomic mass is 10.2. The lowest BCUT2D eigenvalue weighted by Crippen LogP contribution is -2.45. The third kappa shape index (κ3) is 2.79. The highest BCUT2D eigenvalue weighted by Gasteiger charge is 2.34. The average molecular weight is 377 g/mol. The Morgan fingerprint density at radius 1 is 1.25 bits per heavy atom. The standard InChI is InChI=1S/C17H15N9O2/c1-25-9-11-13(23-25)21-16(22-17(27)19-10-4-6-18-7-5-10)26-15(11)20-14(24-26)12-3-2-8-28-12/h2-9,13,23H,1H3,(H2,18,19,21,22,27). The van der Waals surface area contributed by atoms with Gasteiger partial charge in [0.15, 0.2) is 17.8 Å². The van der Waals surface area contributed by atoms with E-state index in [-0.39, 0.29) is 12.1 Å². The van der Waals surface area contributed by atoms with E-state index in [0.29, 0.717) is 23.1 Å². The van der Waals surface area contributed by atoms with E-state index in [1.165, 1.54) is 4.68 Å². The van der Waals surface area contributed by atoms with Crippen LogP contribution in [0, 0.1) is 0 Å². The molecule has 1 unspecified atom stereocenters. The van der Waals surface area contributed by atoms with Crippen molar-refractivity contribution in [2.24, 2.45) is 4.99 Å². The number of nitrogens with zero attached hydrogens (tertiary/aromatic N) is 6. The smallest absolute Gasteiger partial charge is 0.326 e. The van der Waals surface area contributed by atoms with Crippen molar-refractivity contribution in [2.45, 2.75) is 6.17 Å². The summed E-state index contributed by atoms with van der Waals surface area (Å²) in [7, 11) is 1.86. The minimum atomic E-state index is -0.454. The summed E-state index contributed by atoms with van der Waals surface area (Å²) in [5.74, 6) is 1.75. The maximum absolute atomic E-state index is 12.4. The summed E-state index contributed by atoms with van der Waals surface area (Å²) in [5, 5.41) is 11.7. The van der Waals surface area contributed by atoms with Gasteiger partial charge in [-0.3, -0.25) is 10.3 Å². The van der Waals surface area contributed by atoms with Gasteiger partial charge in [-0.25, -0.2) is 20.2 Å². The SMILES string of the molecule is CN1C=C2c3nc(-c4ccco4)nn3C(NC(=O)Nc3ccncc3)=NC2N1. The molecule has 11 nitrogen and oxygen atoms in total. The van der Waals surface area contributed by atoms with Gasteiger partial charge in [0.05, 0.1) is 11.8 Å². The first-order chi connectivity index (χ1) is 13.7. The Morgan fingerprint density at radius 2 is 2.11 bits per heavy atom. The summed E-state index contributed by atoms with van der Waals surface area (Å²) < 4.78 is 6.89. The van der Waals surface area contributed by atoms with Gasteiger partial charge in [0.2, 0.25) is 11.8 Å². The van der Waals surface area contributed by atoms with Gasteiger partial charge in [0.25, 0.3) is 0 Å². The molecule has 3 N–H and O–H groups in total. The topological polar surface area (TPSA) is 126 Å². The number of pyridine rings is 1. The van der Waals surface area contributed by atoms with Crippen molar-refractivity contribution in [1.82, 2.24) is 35.5 Å². The Bertz CT molecular complexity index is 1090. The molecule has 3 aromatic heterocycles. The molecule has 0 radical (unpaired) electrons. The second-order valence-electron chi connectivity index (χ2n) is 6.14. The quantitative estimate of drug-likeness (QED) is 0.610. The second kappa shape index (κ2) is 6.32. The maximum atomic E-state index is 12.4. The van der Waals surface area contributed by atoms with E-state index < -0.39 is 6.03 Å². The zero-order valence-corrected chi connectivity index (χ0v) is 14.7. The predicted molar refractivity (Wildman–Crippen MR) is 99.6 cm³/mol. The monoisotopic (exact) mass is 377 g/mol. The van der Waals surface area contributed by atoms with E-state index in [1.807, 2.05) is 13.2 Å². The van der Waals surface area contributed by atoms with Gasteiger partial charge in [0, 0.05) is 31.3 Å². The van der Waals surface area contributed by atoms with Crippen LogP contribution >= 0.6 is 0 Å². The molecule has 140 valence electrons. The second-order valence-corrected chi connectivity index (χ2v) is 6.14. The van der Waals surface area contributed by atoms with Crippen LogP contribution in [0.1, 0.15) is 5.82 Å². The fourth-order valence-corrected chi connectivity index (χ4v) is 2.98. The van der Waals surface area contributed by atoms with Crippen LogP contribution < -0.4 is 16.1 Å². The molecule has 0 fully saturated rings. The first-order valence-electron chi connectivity index (χ1n) is 8.45. The molecule has 0 bridgehead atoms. The number of anilines is 1. The Morgan fingerprint density at radius 3 is 2.89 bits per heavy atom. The van der Waals surface area contributed by atoms with Gasteiger partial charge in [-0.05, 0) is 24.3 Å². The molecule has 2 amide bonds. The lowest BCUT2D eigenvalue weighted by Gasteiger charge is -2.20. The van der Waals surface area contributed by atoms with Gasteiger partial charge >= 0.3 is 6.03 Å². The highest BCUT2D eigenvalue weighted by atomic mass is 16.3. The molecule has 11 heteroatoms. The minimum Gasteiger partial charge on any atom is -0.461 e. The van der Waals surface area contributed by atoms with Crippen LogP contribution in [-0.2, 0) is 0 Å². The van der Waals surface area contributed by atoms with Crippen molar-refractivity contribution >= 4 is 23.3 Å². The molecule has 2 aliphatic heterocycles. The fourth-order valence-electron chi connectivity index (χ4n) is 2.98. The molecule has 0 saturated carbocycles. The van der Waals surface area contributed by atoms with E-state index in [2.05, 4.69) is 36.1 Å². The van der Waals surface area contributed by atoms with Crippen LogP contribution in [0.25, 0.3) is 17.2 Å². The van der Waals surface area contributed by atoms with Crippen LogP contribution in [0.3, 0.4) is 0 Å². The van der Waals surface area contributed by atoms with E-state index in [4.69, 9.17) is 4.42 Å². The maximum Gasteiger partial charge on any atom is 0.326 e. The molecule has 0 saturated heterocycles. The highest BCUT2D eigenvalue weighted by molar-refractivity contribution is 6.04. The number of aliphatic imine (C=N–C) groups is 1. The van der Waals surface area contributed by atoms with Crippen molar-refractivity contribution in [3.8, 4) is 11.6 Å². The van der Waals surface area contributed by atoms with Crippen molar-refractivity contribution in [3.05, 3.63) is 54.9 Å². The van der Waals surface area contributed by atoms with E-state index >= 15 is 0 Å². The number of nitrogens with one attached hydrogen (secondary N) is 3. The number of rotatable bonds is 2. The van der Waals surface area contributed by atoms with Gasteiger partial charge < -0.3 is 14.7 Å². The third-order valence-corrected chi connectivity index (χ3v) is 4.18. The number of hydrazine groups is 1. The normalized spacial score (nSPS) is 17.5. The fraction of sp³-hybridized carbons (Fsp3) is 0.118. The Balaban J connectivity index is 1.48. The van der Waals surface area contributed by atoms with E-state index in [0.717, 1.165) is 5.57 Å². The minimum absolute atomic E-state index is 0.247. The van der Waals surface area contributed by atoms with Crippen LogP contribution in [0.15, 0.2) is 58.5 Å². The van der Waals surface area contributed by atoms with Gasteiger partial charge in [-0.15, -0.1) is 5.10 Å². The molecular formula is C17H15N9O2. The predicted octanol–water partition coefficient (Wildman–Crippen LogP) is 1.09. The average Bonchev–Trinajstić information content (AvgIpc) is 3.40. The summed E-state index contributed by atoms with van der Waals surface area (Å²) in [6.07, 6.45) is 6.25. The first-order valence-corrected chi connectivity index (χ1v) is 8.45. The molecule has 5 heterocycles. The Kier molecular flexibility index (Phi) is 3.66. The summed E-state index contributed by atoms with van der Waals surface area (Å²) in [6, 6.07) is 6.45. The van der Waals surface area contributed by atoms with Crippen molar-refractivity contribution in [2.75, 3.05) is 12.4 Å². The molecule has 3 aromatic rings. The van der Waals surface area contributed by atoms with Gasteiger partial charge in [-0.1, -0.05) is 0 Å². The summed E-state index contributed by atoms with van der Waals surface area (Å²) >= 11 is 0. The van der Waals surface area contributed by atoms with Crippen LogP contribution in [0.2, 0.25) is 0 Å². The molecule has 28 heavy (non-hydrogen) atoms. The zero-order valence-electron chi connectivity index (χ0n) is 14.7. The van der Waals surface area contributed by atoms with Crippen LogP contribution in [0.5, 0.6) is 0 Å². The molecule has 0 aliphatic carbocycles. The molecular weight excluding hydrogens is 362 g/mol. The number of hydrogen-bond donors (Lipinski definition) is 3. The molecule has 0 spiro atoms. The Labute approximate surface area is 158 Å². The van der Waals surface area contributed by atoms with Crippen LogP contribution in [-0.4, -0.2) is 50.0 Å². The zero-order chi connectivity index (χ0) is 19.1. The lowest BCUT2D eigenvalue weighted by molar-refractivity contribution is 0.255. The van der Waals surface area contributed by atoms with Gasteiger partial charge in [0.1, 0.15) is 0 Å². The Hall–Kier alpha value is -3.99.